The number of hydrogen-bond donors (Lipinski definition) is 2. The van der Waals surface area contributed by atoms with E-state index in [9.17, 15) is 9.59 Å². The van der Waals surface area contributed by atoms with Gasteiger partial charge in [0.25, 0.3) is 0 Å². The number of halogens is 1. The van der Waals surface area contributed by atoms with Crippen molar-refractivity contribution >= 4 is 40.1 Å². The van der Waals surface area contributed by atoms with Crippen LogP contribution in [0.5, 0.6) is 0 Å². The van der Waals surface area contributed by atoms with Gasteiger partial charge in [-0.1, -0.05) is 23.7 Å². The van der Waals surface area contributed by atoms with Crippen molar-refractivity contribution in [3.05, 3.63) is 53.2 Å². The van der Waals surface area contributed by atoms with E-state index >= 15 is 0 Å². The Morgan fingerprint density at radius 2 is 2.00 bits per heavy atom. The maximum Gasteiger partial charge on any atom is 1.00 e. The van der Waals surface area contributed by atoms with Gasteiger partial charge in [-0.25, -0.2) is 9.78 Å². The molecule has 0 bridgehead atoms. The zero-order valence-electron chi connectivity index (χ0n) is 12.7. The minimum absolute atomic E-state index is 0. The van der Waals surface area contributed by atoms with Crippen molar-refractivity contribution in [2.45, 2.75) is 5.03 Å². The molecule has 8 heteroatoms. The minimum atomic E-state index is -1.11. The summed E-state index contributed by atoms with van der Waals surface area (Å²) >= 11 is 6.75. The number of nitrogens with one attached hydrogen (secondary N) is 1. The molecule has 5 nitrogen and oxygen atoms in total. The fraction of sp³-hybridized carbons (Fsp3) is 0.0714. The smallest absolute Gasteiger partial charge is 1.00 e. The molecule has 22 heavy (non-hydrogen) atoms. The molecule has 2 rings (SSSR count). The molecule has 1 heterocycles. The van der Waals surface area contributed by atoms with Crippen molar-refractivity contribution in [2.24, 2.45) is 0 Å². The Morgan fingerprint density at radius 1 is 1.27 bits per heavy atom. The molecule has 110 valence electrons. The second-order valence-electron chi connectivity index (χ2n) is 3.97. The van der Waals surface area contributed by atoms with Crippen LogP contribution in [-0.2, 0) is 4.79 Å². The molecule has 0 aliphatic rings. The molecule has 0 aliphatic carbocycles. The maximum atomic E-state index is 11.9. The van der Waals surface area contributed by atoms with Crippen molar-refractivity contribution in [1.29, 1.82) is 0 Å². The van der Waals surface area contributed by atoms with E-state index in [0.29, 0.717) is 10.7 Å². The van der Waals surface area contributed by atoms with Crippen molar-refractivity contribution < 1.29 is 67.5 Å². The number of aromatic nitrogens is 1. The quantitative estimate of drug-likeness (QED) is 0.587. The summed E-state index contributed by atoms with van der Waals surface area (Å²) in [6.07, 6.45) is 1.45. The van der Waals surface area contributed by atoms with Crippen LogP contribution in [0.25, 0.3) is 0 Å². The molecule has 0 saturated heterocycles. The number of hydrogen-bond acceptors (Lipinski definition) is 5. The Labute approximate surface area is 180 Å². The molecule has 0 saturated carbocycles. The minimum Gasteiger partial charge on any atom is -1.00 e. The van der Waals surface area contributed by atoms with Gasteiger partial charge in [-0.05, 0) is 36.0 Å². The van der Waals surface area contributed by atoms with Crippen LogP contribution >= 0.6 is 23.4 Å². The van der Waals surface area contributed by atoms with E-state index in [1.54, 1.807) is 24.3 Å². The average Bonchev–Trinajstić information content (AvgIpc) is 2.47. The number of carboxylic acids is 1. The first-order valence-corrected chi connectivity index (χ1v) is 7.15. The van der Waals surface area contributed by atoms with Gasteiger partial charge in [-0.2, -0.15) is 0 Å². The first kappa shape index (κ1) is 19.6. The number of para-hydroxylation sites is 1. The van der Waals surface area contributed by atoms with Crippen LogP contribution in [-0.4, -0.2) is 27.7 Å². The molecule has 0 fully saturated rings. The third kappa shape index (κ3) is 5.66. The van der Waals surface area contributed by atoms with E-state index in [0.717, 1.165) is 11.8 Å². The van der Waals surface area contributed by atoms with Gasteiger partial charge in [0.2, 0.25) is 5.12 Å². The van der Waals surface area contributed by atoms with Crippen LogP contribution in [0.15, 0.2) is 47.6 Å². The number of nitrogens with zero attached hydrogens (tertiary/aromatic N) is 1. The molecule has 1 aromatic heterocycles. The number of rotatable bonds is 5. The number of carbonyl (C=O) groups is 2. The Hall–Kier alpha value is -0.414. The zero-order valence-corrected chi connectivity index (χ0v) is 16.4. The summed E-state index contributed by atoms with van der Waals surface area (Å²) in [7, 11) is 0. The monoisotopic (exact) mass is 362 g/mol. The summed E-state index contributed by atoms with van der Waals surface area (Å²) in [6, 6.07) is 9.98. The molecule has 0 atom stereocenters. The van der Waals surface area contributed by atoms with E-state index in [1.807, 2.05) is 0 Å². The average molecular weight is 363 g/mol. The Kier molecular flexibility index (Phi) is 8.62. The second-order valence-corrected chi connectivity index (χ2v) is 5.42. The number of anilines is 1. The number of pyridine rings is 1. The second kappa shape index (κ2) is 9.66. The number of carbonyl (C=O) groups excluding carboxylic acids is 1. The van der Waals surface area contributed by atoms with E-state index < -0.39 is 5.97 Å². The third-order valence-electron chi connectivity index (χ3n) is 2.51. The Balaban J connectivity index is 0.00000242. The molecule has 0 unspecified atom stereocenters. The van der Waals surface area contributed by atoms with E-state index in [1.165, 1.54) is 18.3 Å². The fourth-order valence-electron chi connectivity index (χ4n) is 1.55. The summed E-state index contributed by atoms with van der Waals surface area (Å²) in [5.41, 5.74) is 0.654. The van der Waals surface area contributed by atoms with Crippen molar-refractivity contribution in [1.82, 2.24) is 4.98 Å². The number of aromatic carboxylic acids is 1. The SMILES string of the molecule is O=C(CNc1ccccc1Cl)Sc1ncccc1C(=O)O.[H-].[K+]. The molecule has 2 aromatic rings. The van der Waals surface area contributed by atoms with Gasteiger partial charge in [0.05, 0.1) is 22.8 Å². The van der Waals surface area contributed by atoms with Crippen LogP contribution < -0.4 is 56.7 Å². The maximum absolute atomic E-state index is 11.9. The number of benzene rings is 1. The van der Waals surface area contributed by atoms with Crippen LogP contribution in [0.3, 0.4) is 0 Å². The number of thioether (sulfide) groups is 1. The van der Waals surface area contributed by atoms with Gasteiger partial charge in [0.15, 0.2) is 0 Å². The van der Waals surface area contributed by atoms with E-state index in [2.05, 4.69) is 10.3 Å². The molecular weight excluding hydrogens is 351 g/mol. The van der Waals surface area contributed by atoms with Gasteiger partial charge < -0.3 is 11.8 Å². The predicted molar refractivity (Wildman–Crippen MR) is 83.1 cm³/mol. The summed E-state index contributed by atoms with van der Waals surface area (Å²) in [6.45, 7) is 0.0179. The van der Waals surface area contributed by atoms with Crippen molar-refractivity contribution in [2.75, 3.05) is 11.9 Å². The van der Waals surface area contributed by atoms with Gasteiger partial charge in [-0.3, -0.25) is 4.79 Å². The van der Waals surface area contributed by atoms with E-state index in [-0.39, 0.29) is 75.1 Å². The summed E-state index contributed by atoms with van der Waals surface area (Å²) < 4.78 is 0. The predicted octanol–water partition coefficient (Wildman–Crippen LogP) is 0.280. The van der Waals surface area contributed by atoms with Crippen molar-refractivity contribution in [3.63, 3.8) is 0 Å². The molecular formula is C14H12ClKN2O3S. The Morgan fingerprint density at radius 3 is 2.68 bits per heavy atom. The number of carboxylic acid groups (broad SMARTS) is 1. The third-order valence-corrected chi connectivity index (χ3v) is 3.73. The van der Waals surface area contributed by atoms with Crippen LogP contribution in [0.4, 0.5) is 5.69 Å². The summed E-state index contributed by atoms with van der Waals surface area (Å²) in [5, 5.41) is 12.4. The van der Waals surface area contributed by atoms with Gasteiger partial charge in [0, 0.05) is 6.20 Å². The van der Waals surface area contributed by atoms with Gasteiger partial charge in [0.1, 0.15) is 5.03 Å². The first-order chi connectivity index (χ1) is 10.1. The van der Waals surface area contributed by atoms with Crippen LogP contribution in [0.2, 0.25) is 5.02 Å². The van der Waals surface area contributed by atoms with Crippen LogP contribution in [0, 0.1) is 0 Å². The van der Waals surface area contributed by atoms with Crippen LogP contribution in [0.1, 0.15) is 11.8 Å². The molecule has 2 N–H and O–H groups in total. The largest absolute Gasteiger partial charge is 1.00 e. The van der Waals surface area contributed by atoms with Gasteiger partial charge in [-0.15, -0.1) is 0 Å². The molecule has 0 aliphatic heterocycles. The topological polar surface area (TPSA) is 79.3 Å². The van der Waals surface area contributed by atoms with Gasteiger partial charge >= 0.3 is 57.4 Å². The normalized spacial score (nSPS) is 9.68. The molecule has 0 amide bonds. The standard InChI is InChI=1S/C14H11ClN2O3S.K.H/c15-10-5-1-2-6-11(10)17-8-12(18)21-13-9(14(19)20)4-3-7-16-13;;/h1-7,17H,8H2,(H,19,20);;/q;+1;-1. The Bertz CT molecular complexity index is 691. The fourth-order valence-corrected chi connectivity index (χ4v) is 2.49. The zero-order chi connectivity index (χ0) is 15.2. The van der Waals surface area contributed by atoms with Crippen molar-refractivity contribution in [3.8, 4) is 0 Å². The first-order valence-electron chi connectivity index (χ1n) is 5.95. The molecule has 0 radical (unpaired) electrons. The molecule has 1 aromatic carbocycles. The summed E-state index contributed by atoms with van der Waals surface area (Å²) in [4.78, 5) is 26.8. The molecule has 0 spiro atoms. The van der Waals surface area contributed by atoms with E-state index in [4.69, 9.17) is 16.7 Å². The summed E-state index contributed by atoms with van der Waals surface area (Å²) in [5.74, 6) is -1.11.